The standard InChI is InChI=1S/C10H10N4O2/c1-7-11-12-10(16-7)14-6-5-13-4-2-3-8(13)9(14)15/h2-4H,5-6H2,1H3. The summed E-state index contributed by atoms with van der Waals surface area (Å²) in [5.41, 5.74) is 0.655. The molecule has 1 aliphatic heterocycles. The van der Waals surface area contributed by atoms with Gasteiger partial charge >= 0.3 is 6.01 Å². The van der Waals surface area contributed by atoms with Crippen LogP contribution in [0.1, 0.15) is 16.4 Å². The van der Waals surface area contributed by atoms with Gasteiger partial charge in [0.15, 0.2) is 0 Å². The summed E-state index contributed by atoms with van der Waals surface area (Å²) in [6.45, 7) is 3.01. The minimum Gasteiger partial charge on any atom is -0.408 e. The summed E-state index contributed by atoms with van der Waals surface area (Å²) in [4.78, 5) is 13.6. The van der Waals surface area contributed by atoms with E-state index in [4.69, 9.17) is 4.42 Å². The number of hydrogen-bond acceptors (Lipinski definition) is 4. The summed E-state index contributed by atoms with van der Waals surface area (Å²) in [6, 6.07) is 3.92. The van der Waals surface area contributed by atoms with Crippen molar-refractivity contribution in [2.45, 2.75) is 13.5 Å². The first kappa shape index (κ1) is 9.14. The SMILES string of the molecule is Cc1nnc(N2CCn3cccc3C2=O)o1. The molecule has 0 fully saturated rings. The first-order chi connectivity index (χ1) is 7.75. The molecule has 0 bridgehead atoms. The Balaban J connectivity index is 1.98. The molecule has 16 heavy (non-hydrogen) atoms. The quantitative estimate of drug-likeness (QED) is 0.711. The molecule has 0 radical (unpaired) electrons. The number of amides is 1. The number of aryl methyl sites for hydroxylation is 1. The number of anilines is 1. The molecule has 2 aromatic rings. The molecule has 3 rings (SSSR count). The highest BCUT2D eigenvalue weighted by Crippen LogP contribution is 2.19. The van der Waals surface area contributed by atoms with Crippen LogP contribution >= 0.6 is 0 Å². The summed E-state index contributed by atoms with van der Waals surface area (Å²) >= 11 is 0. The van der Waals surface area contributed by atoms with Crippen molar-refractivity contribution in [2.24, 2.45) is 0 Å². The first-order valence-electron chi connectivity index (χ1n) is 5.03. The second-order valence-electron chi connectivity index (χ2n) is 3.65. The molecular weight excluding hydrogens is 208 g/mol. The molecular formula is C10H10N4O2. The Morgan fingerprint density at radius 1 is 1.38 bits per heavy atom. The van der Waals surface area contributed by atoms with Crippen LogP contribution in [0.3, 0.4) is 0 Å². The maximum Gasteiger partial charge on any atom is 0.325 e. The number of carbonyl (C=O) groups excluding carboxylic acids is 1. The van der Waals surface area contributed by atoms with Crippen molar-refractivity contribution in [2.75, 3.05) is 11.4 Å². The lowest BCUT2D eigenvalue weighted by Gasteiger charge is -2.24. The number of hydrogen-bond donors (Lipinski definition) is 0. The van der Waals surface area contributed by atoms with Gasteiger partial charge in [0.25, 0.3) is 5.91 Å². The van der Waals surface area contributed by atoms with Gasteiger partial charge in [0, 0.05) is 26.2 Å². The van der Waals surface area contributed by atoms with Gasteiger partial charge in [-0.05, 0) is 12.1 Å². The summed E-state index contributed by atoms with van der Waals surface area (Å²) in [7, 11) is 0. The van der Waals surface area contributed by atoms with Crippen molar-refractivity contribution in [3.05, 3.63) is 29.9 Å². The van der Waals surface area contributed by atoms with Crippen LogP contribution in [0.4, 0.5) is 6.01 Å². The van der Waals surface area contributed by atoms with Gasteiger partial charge in [-0.25, -0.2) is 0 Å². The lowest BCUT2D eigenvalue weighted by atomic mass is 10.3. The fourth-order valence-corrected chi connectivity index (χ4v) is 1.83. The zero-order valence-electron chi connectivity index (χ0n) is 8.75. The minimum atomic E-state index is -0.0973. The zero-order chi connectivity index (χ0) is 11.1. The fourth-order valence-electron chi connectivity index (χ4n) is 1.83. The number of rotatable bonds is 1. The van der Waals surface area contributed by atoms with Gasteiger partial charge in [-0.15, -0.1) is 5.10 Å². The van der Waals surface area contributed by atoms with Gasteiger partial charge in [0.2, 0.25) is 5.89 Å². The van der Waals surface area contributed by atoms with E-state index < -0.39 is 0 Å². The van der Waals surface area contributed by atoms with Crippen LogP contribution in [-0.2, 0) is 6.54 Å². The third-order valence-electron chi connectivity index (χ3n) is 2.60. The van der Waals surface area contributed by atoms with E-state index in [9.17, 15) is 4.79 Å². The van der Waals surface area contributed by atoms with E-state index in [1.54, 1.807) is 13.0 Å². The topological polar surface area (TPSA) is 64.2 Å². The van der Waals surface area contributed by atoms with Gasteiger partial charge in [-0.2, -0.15) is 0 Å². The van der Waals surface area contributed by atoms with Crippen molar-refractivity contribution in [1.29, 1.82) is 0 Å². The summed E-state index contributed by atoms with van der Waals surface area (Å²) in [5.74, 6) is 0.364. The smallest absolute Gasteiger partial charge is 0.325 e. The Hall–Kier alpha value is -2.11. The van der Waals surface area contributed by atoms with E-state index >= 15 is 0 Å². The van der Waals surface area contributed by atoms with Crippen LogP contribution in [0.2, 0.25) is 0 Å². The van der Waals surface area contributed by atoms with Crippen LogP contribution in [0.5, 0.6) is 0 Å². The van der Waals surface area contributed by atoms with Crippen molar-refractivity contribution >= 4 is 11.9 Å². The second kappa shape index (κ2) is 3.19. The average Bonchev–Trinajstić information content (AvgIpc) is 2.87. The molecule has 6 heteroatoms. The lowest BCUT2D eigenvalue weighted by Crippen LogP contribution is -2.40. The summed E-state index contributed by atoms with van der Waals surface area (Å²) in [6.07, 6.45) is 1.89. The van der Waals surface area contributed by atoms with Crippen LogP contribution in [0.15, 0.2) is 22.7 Å². The van der Waals surface area contributed by atoms with Crippen LogP contribution in [-0.4, -0.2) is 27.2 Å². The molecule has 82 valence electrons. The van der Waals surface area contributed by atoms with Crippen molar-refractivity contribution in [3.63, 3.8) is 0 Å². The highest BCUT2D eigenvalue weighted by molar-refractivity contribution is 6.04. The molecule has 6 nitrogen and oxygen atoms in total. The molecule has 0 aliphatic carbocycles. The lowest BCUT2D eigenvalue weighted by molar-refractivity contribution is 0.0959. The Bertz CT molecular complexity index is 543. The minimum absolute atomic E-state index is 0.0973. The number of carbonyl (C=O) groups is 1. The normalized spacial score (nSPS) is 15.3. The van der Waals surface area contributed by atoms with Crippen LogP contribution in [0, 0.1) is 6.92 Å². The molecule has 0 unspecified atom stereocenters. The fraction of sp³-hybridized carbons (Fsp3) is 0.300. The molecule has 0 saturated carbocycles. The predicted molar refractivity (Wildman–Crippen MR) is 55.1 cm³/mol. The predicted octanol–water partition coefficient (Wildman–Crippen LogP) is 0.840. The number of aromatic nitrogens is 3. The van der Waals surface area contributed by atoms with E-state index in [0.29, 0.717) is 18.1 Å². The maximum atomic E-state index is 12.1. The van der Waals surface area contributed by atoms with Crippen molar-refractivity contribution in [3.8, 4) is 0 Å². The van der Waals surface area contributed by atoms with Gasteiger partial charge in [-0.1, -0.05) is 5.10 Å². The largest absolute Gasteiger partial charge is 0.408 e. The molecule has 3 heterocycles. The molecule has 0 atom stereocenters. The second-order valence-corrected chi connectivity index (χ2v) is 3.65. The Morgan fingerprint density at radius 3 is 3.00 bits per heavy atom. The Labute approximate surface area is 91.5 Å². The number of fused-ring (bicyclic) bond motifs is 1. The first-order valence-corrected chi connectivity index (χ1v) is 5.03. The molecule has 1 amide bonds. The number of nitrogens with zero attached hydrogens (tertiary/aromatic N) is 4. The Kier molecular flexibility index (Phi) is 1.82. The molecule has 0 spiro atoms. The highest BCUT2D eigenvalue weighted by atomic mass is 16.4. The van der Waals surface area contributed by atoms with Gasteiger partial charge in [0.05, 0.1) is 0 Å². The van der Waals surface area contributed by atoms with E-state index in [1.807, 2.05) is 16.8 Å². The van der Waals surface area contributed by atoms with Gasteiger partial charge < -0.3 is 8.98 Å². The van der Waals surface area contributed by atoms with Crippen LogP contribution < -0.4 is 4.90 Å². The third kappa shape index (κ3) is 1.23. The van der Waals surface area contributed by atoms with Crippen molar-refractivity contribution in [1.82, 2.24) is 14.8 Å². The average molecular weight is 218 g/mol. The molecule has 1 aliphatic rings. The van der Waals surface area contributed by atoms with Crippen molar-refractivity contribution < 1.29 is 9.21 Å². The van der Waals surface area contributed by atoms with E-state index in [-0.39, 0.29) is 11.9 Å². The summed E-state index contributed by atoms with van der Waals surface area (Å²) < 4.78 is 7.18. The van der Waals surface area contributed by atoms with Gasteiger partial charge in [0.1, 0.15) is 5.69 Å². The third-order valence-corrected chi connectivity index (χ3v) is 2.60. The maximum absolute atomic E-state index is 12.1. The van der Waals surface area contributed by atoms with Crippen LogP contribution in [0.25, 0.3) is 0 Å². The van der Waals surface area contributed by atoms with E-state index in [1.165, 1.54) is 4.90 Å². The molecule has 0 aromatic carbocycles. The molecule has 0 saturated heterocycles. The monoisotopic (exact) mass is 218 g/mol. The van der Waals surface area contributed by atoms with Gasteiger partial charge in [-0.3, -0.25) is 9.69 Å². The Morgan fingerprint density at radius 2 is 2.25 bits per heavy atom. The zero-order valence-corrected chi connectivity index (χ0v) is 8.75. The summed E-state index contributed by atoms with van der Waals surface area (Å²) in [5, 5.41) is 7.58. The molecule has 2 aromatic heterocycles. The van der Waals surface area contributed by atoms with E-state index in [0.717, 1.165) is 6.54 Å². The molecule has 0 N–H and O–H groups in total. The highest BCUT2D eigenvalue weighted by Gasteiger charge is 2.28. The van der Waals surface area contributed by atoms with E-state index in [2.05, 4.69) is 10.2 Å².